The van der Waals surface area contributed by atoms with Crippen molar-refractivity contribution in [2.75, 3.05) is 6.54 Å². The molecule has 17 heavy (non-hydrogen) atoms. The van der Waals surface area contributed by atoms with Crippen LogP contribution in [0.3, 0.4) is 0 Å². The third kappa shape index (κ3) is 2.73. The first-order chi connectivity index (χ1) is 8.24. The molecule has 2 aromatic rings. The van der Waals surface area contributed by atoms with Crippen molar-refractivity contribution in [2.24, 2.45) is 0 Å². The molecule has 1 N–H and O–H groups in total. The van der Waals surface area contributed by atoms with Gasteiger partial charge in [0.2, 0.25) is 0 Å². The molecule has 0 saturated carbocycles. The summed E-state index contributed by atoms with van der Waals surface area (Å²) in [6, 6.07) is 4.17. The fourth-order valence-electron chi connectivity index (χ4n) is 1.68. The number of furan rings is 1. The zero-order valence-electron chi connectivity index (χ0n) is 10.4. The Balaban J connectivity index is 2.20. The Morgan fingerprint density at radius 3 is 2.76 bits per heavy atom. The standard InChI is InChI=1S/C12H17N3OS/c1-4-9(13-5-2)11-14-15-12(17-11)10-7-6-8(3)16-10/h6-7,9,13H,4-5H2,1-3H3. The van der Waals surface area contributed by atoms with Gasteiger partial charge in [0.15, 0.2) is 10.8 Å². The number of nitrogens with zero attached hydrogens (tertiary/aromatic N) is 2. The molecule has 2 aromatic heterocycles. The van der Waals surface area contributed by atoms with Crippen molar-refractivity contribution in [3.05, 3.63) is 22.9 Å². The third-order valence-corrected chi connectivity index (χ3v) is 3.60. The smallest absolute Gasteiger partial charge is 0.183 e. The van der Waals surface area contributed by atoms with E-state index in [4.69, 9.17) is 4.42 Å². The van der Waals surface area contributed by atoms with Crippen molar-refractivity contribution < 1.29 is 4.42 Å². The van der Waals surface area contributed by atoms with Crippen LogP contribution in [0.4, 0.5) is 0 Å². The quantitative estimate of drug-likeness (QED) is 0.886. The number of hydrogen-bond donors (Lipinski definition) is 1. The Morgan fingerprint density at radius 1 is 1.35 bits per heavy atom. The van der Waals surface area contributed by atoms with Crippen molar-refractivity contribution >= 4 is 11.3 Å². The highest BCUT2D eigenvalue weighted by molar-refractivity contribution is 7.14. The van der Waals surface area contributed by atoms with E-state index in [-0.39, 0.29) is 0 Å². The number of aromatic nitrogens is 2. The van der Waals surface area contributed by atoms with Gasteiger partial charge in [0, 0.05) is 0 Å². The summed E-state index contributed by atoms with van der Waals surface area (Å²) in [5, 5.41) is 13.7. The molecule has 5 heteroatoms. The van der Waals surface area contributed by atoms with E-state index in [9.17, 15) is 0 Å². The summed E-state index contributed by atoms with van der Waals surface area (Å²) in [5.41, 5.74) is 0. The van der Waals surface area contributed by atoms with Gasteiger partial charge in [-0.05, 0) is 32.0 Å². The summed E-state index contributed by atoms with van der Waals surface area (Å²) >= 11 is 1.59. The van der Waals surface area contributed by atoms with Gasteiger partial charge in [-0.3, -0.25) is 0 Å². The van der Waals surface area contributed by atoms with Gasteiger partial charge < -0.3 is 9.73 Å². The van der Waals surface area contributed by atoms with Crippen LogP contribution in [-0.4, -0.2) is 16.7 Å². The van der Waals surface area contributed by atoms with Crippen molar-refractivity contribution in [2.45, 2.75) is 33.2 Å². The highest BCUT2D eigenvalue weighted by atomic mass is 32.1. The minimum Gasteiger partial charge on any atom is -0.459 e. The van der Waals surface area contributed by atoms with Crippen LogP contribution in [0.15, 0.2) is 16.5 Å². The van der Waals surface area contributed by atoms with Gasteiger partial charge in [0.05, 0.1) is 6.04 Å². The van der Waals surface area contributed by atoms with Crippen LogP contribution in [0, 0.1) is 6.92 Å². The first kappa shape index (κ1) is 12.3. The van der Waals surface area contributed by atoms with Crippen molar-refractivity contribution in [3.8, 4) is 10.8 Å². The van der Waals surface area contributed by atoms with Gasteiger partial charge in [-0.1, -0.05) is 25.2 Å². The number of hydrogen-bond acceptors (Lipinski definition) is 5. The van der Waals surface area contributed by atoms with E-state index in [2.05, 4.69) is 29.4 Å². The van der Waals surface area contributed by atoms with E-state index in [0.717, 1.165) is 34.5 Å². The third-order valence-electron chi connectivity index (χ3n) is 2.55. The average molecular weight is 251 g/mol. The molecule has 0 radical (unpaired) electrons. The van der Waals surface area contributed by atoms with E-state index in [1.54, 1.807) is 11.3 Å². The maximum Gasteiger partial charge on any atom is 0.183 e. The summed E-state index contributed by atoms with van der Waals surface area (Å²) in [4.78, 5) is 0. The van der Waals surface area contributed by atoms with E-state index in [1.807, 2.05) is 19.1 Å². The van der Waals surface area contributed by atoms with Crippen LogP contribution in [0.1, 0.15) is 37.1 Å². The average Bonchev–Trinajstić information content (AvgIpc) is 2.94. The summed E-state index contributed by atoms with van der Waals surface area (Å²) < 4.78 is 5.54. The second-order valence-corrected chi connectivity index (χ2v) is 4.88. The predicted octanol–water partition coefficient (Wildman–Crippen LogP) is 3.17. The van der Waals surface area contributed by atoms with Gasteiger partial charge in [-0.25, -0.2) is 0 Å². The van der Waals surface area contributed by atoms with Crippen LogP contribution in [0.5, 0.6) is 0 Å². The summed E-state index contributed by atoms with van der Waals surface area (Å²) in [6.07, 6.45) is 1.01. The van der Waals surface area contributed by atoms with Crippen LogP contribution < -0.4 is 5.32 Å². The fourth-order valence-corrected chi connectivity index (χ4v) is 2.64. The topological polar surface area (TPSA) is 51.0 Å². The lowest BCUT2D eigenvalue weighted by Crippen LogP contribution is -2.19. The molecule has 92 valence electrons. The van der Waals surface area contributed by atoms with Gasteiger partial charge in [0.25, 0.3) is 0 Å². The summed E-state index contributed by atoms with van der Waals surface area (Å²) in [7, 11) is 0. The molecule has 0 bridgehead atoms. The maximum absolute atomic E-state index is 5.54. The van der Waals surface area contributed by atoms with Crippen LogP contribution in [-0.2, 0) is 0 Å². The first-order valence-electron chi connectivity index (χ1n) is 5.88. The molecular formula is C12H17N3OS. The van der Waals surface area contributed by atoms with E-state index in [0.29, 0.717) is 6.04 Å². The van der Waals surface area contributed by atoms with Gasteiger partial charge in [0.1, 0.15) is 10.8 Å². The zero-order chi connectivity index (χ0) is 12.3. The molecule has 0 saturated heterocycles. The molecule has 1 atom stereocenters. The normalized spacial score (nSPS) is 12.9. The molecule has 0 aliphatic rings. The van der Waals surface area contributed by atoms with Crippen LogP contribution in [0.25, 0.3) is 10.8 Å². The highest BCUT2D eigenvalue weighted by Gasteiger charge is 2.16. The second kappa shape index (κ2) is 5.42. The molecule has 0 aliphatic heterocycles. The molecule has 0 aromatic carbocycles. The lowest BCUT2D eigenvalue weighted by molar-refractivity contribution is 0.530. The molecule has 2 rings (SSSR count). The minimum atomic E-state index is 0.294. The monoisotopic (exact) mass is 251 g/mol. The molecule has 4 nitrogen and oxygen atoms in total. The minimum absolute atomic E-state index is 0.294. The number of aryl methyl sites for hydroxylation is 1. The molecular weight excluding hydrogens is 234 g/mol. The Hall–Kier alpha value is -1.20. The second-order valence-electron chi connectivity index (χ2n) is 3.87. The Bertz CT molecular complexity index is 478. The predicted molar refractivity (Wildman–Crippen MR) is 69.1 cm³/mol. The largest absolute Gasteiger partial charge is 0.459 e. The molecule has 2 heterocycles. The van der Waals surface area contributed by atoms with Crippen molar-refractivity contribution in [1.82, 2.24) is 15.5 Å². The van der Waals surface area contributed by atoms with Gasteiger partial charge >= 0.3 is 0 Å². The van der Waals surface area contributed by atoms with E-state index >= 15 is 0 Å². The zero-order valence-corrected chi connectivity index (χ0v) is 11.2. The lowest BCUT2D eigenvalue weighted by Gasteiger charge is -2.10. The number of nitrogens with one attached hydrogen (secondary N) is 1. The fraction of sp³-hybridized carbons (Fsp3) is 0.500. The summed E-state index contributed by atoms with van der Waals surface area (Å²) in [5.74, 6) is 1.70. The Morgan fingerprint density at radius 2 is 2.18 bits per heavy atom. The summed E-state index contributed by atoms with van der Waals surface area (Å²) in [6.45, 7) is 7.11. The molecule has 0 aliphatic carbocycles. The van der Waals surface area contributed by atoms with Crippen molar-refractivity contribution in [3.63, 3.8) is 0 Å². The first-order valence-corrected chi connectivity index (χ1v) is 6.69. The number of rotatable bonds is 5. The Labute approximate surface area is 105 Å². The maximum atomic E-state index is 5.54. The van der Waals surface area contributed by atoms with E-state index in [1.165, 1.54) is 0 Å². The van der Waals surface area contributed by atoms with Gasteiger partial charge in [-0.2, -0.15) is 0 Å². The Kier molecular flexibility index (Phi) is 3.91. The van der Waals surface area contributed by atoms with Crippen LogP contribution >= 0.6 is 11.3 Å². The van der Waals surface area contributed by atoms with E-state index < -0.39 is 0 Å². The molecule has 1 unspecified atom stereocenters. The molecule has 0 spiro atoms. The van der Waals surface area contributed by atoms with Crippen LogP contribution in [0.2, 0.25) is 0 Å². The lowest BCUT2D eigenvalue weighted by atomic mass is 10.2. The molecule has 0 amide bonds. The highest BCUT2D eigenvalue weighted by Crippen LogP contribution is 2.29. The molecule has 0 fully saturated rings. The SMILES string of the molecule is CCNC(CC)c1nnc(-c2ccc(C)o2)s1. The van der Waals surface area contributed by atoms with Crippen molar-refractivity contribution in [1.29, 1.82) is 0 Å². The van der Waals surface area contributed by atoms with Gasteiger partial charge in [-0.15, -0.1) is 10.2 Å².